The van der Waals surface area contributed by atoms with E-state index in [1.807, 2.05) is 0 Å². The summed E-state index contributed by atoms with van der Waals surface area (Å²) in [7, 11) is 0.571. The molecule has 1 fully saturated rings. The first kappa shape index (κ1) is 9.14. The van der Waals surface area contributed by atoms with Crippen LogP contribution in [0.25, 0.3) is 0 Å². The zero-order valence-corrected chi connectivity index (χ0v) is 9.02. The number of hydrogen-bond donors (Lipinski definition) is 0. The number of rotatable bonds is 1. The molecule has 1 saturated heterocycles. The summed E-state index contributed by atoms with van der Waals surface area (Å²) in [5, 5.41) is 0. The molecule has 0 nitrogen and oxygen atoms in total. The summed E-state index contributed by atoms with van der Waals surface area (Å²) in [5.41, 5.74) is 0. The van der Waals surface area contributed by atoms with Crippen molar-refractivity contribution in [3.05, 3.63) is 30.3 Å². The fourth-order valence-electron chi connectivity index (χ4n) is 1.78. The molecule has 1 aromatic carbocycles. The van der Waals surface area contributed by atoms with Crippen molar-refractivity contribution in [1.29, 1.82) is 0 Å². The molecule has 0 amide bonds. The summed E-state index contributed by atoms with van der Waals surface area (Å²) in [6.45, 7) is 2.38. The molecule has 1 aliphatic heterocycles. The van der Waals surface area contributed by atoms with Gasteiger partial charge in [-0.1, -0.05) is 25.1 Å². The fourth-order valence-corrected chi connectivity index (χ4v) is 4.37. The lowest BCUT2D eigenvalue weighted by Crippen LogP contribution is -2.22. The van der Waals surface area contributed by atoms with Crippen LogP contribution < -0.4 is 0 Å². The van der Waals surface area contributed by atoms with Crippen molar-refractivity contribution in [2.24, 2.45) is 5.92 Å². The van der Waals surface area contributed by atoms with Gasteiger partial charge in [-0.05, 0) is 30.9 Å². The van der Waals surface area contributed by atoms with Crippen molar-refractivity contribution >= 4 is 10.9 Å². The number of hydrogen-bond acceptors (Lipinski definition) is 0. The predicted octanol–water partition coefficient (Wildman–Crippen LogP) is 3.09. The Morgan fingerprint density at radius 1 is 1.08 bits per heavy atom. The average Bonchev–Trinajstić information content (AvgIpc) is 2.20. The Hall–Kier alpha value is -0.430. The van der Waals surface area contributed by atoms with Crippen LogP contribution in [0.1, 0.15) is 19.8 Å². The fraction of sp³-hybridized carbons (Fsp3) is 0.500. The Kier molecular flexibility index (Phi) is 2.94. The van der Waals surface area contributed by atoms with Gasteiger partial charge in [0.2, 0.25) is 0 Å². The van der Waals surface area contributed by atoms with Gasteiger partial charge in [0.1, 0.15) is 11.5 Å². The first-order valence-corrected chi connectivity index (χ1v) is 6.65. The molecule has 0 radical (unpaired) electrons. The van der Waals surface area contributed by atoms with E-state index in [-0.39, 0.29) is 0 Å². The van der Waals surface area contributed by atoms with E-state index in [9.17, 15) is 0 Å². The van der Waals surface area contributed by atoms with Gasteiger partial charge in [0.05, 0.1) is 0 Å². The molecular formula is C12H17S+. The van der Waals surface area contributed by atoms with Gasteiger partial charge in [0.15, 0.2) is 4.90 Å². The highest BCUT2D eigenvalue weighted by atomic mass is 32.2. The van der Waals surface area contributed by atoms with Crippen LogP contribution in [0.2, 0.25) is 0 Å². The predicted molar refractivity (Wildman–Crippen MR) is 60.2 cm³/mol. The molecule has 0 unspecified atom stereocenters. The SMILES string of the molecule is CC1CC[S+](c2ccccc2)CC1. The molecule has 70 valence electrons. The zero-order valence-electron chi connectivity index (χ0n) is 8.20. The van der Waals surface area contributed by atoms with Crippen molar-refractivity contribution in [3.63, 3.8) is 0 Å². The summed E-state index contributed by atoms with van der Waals surface area (Å²) in [6.07, 6.45) is 2.86. The van der Waals surface area contributed by atoms with Gasteiger partial charge in [0.25, 0.3) is 0 Å². The van der Waals surface area contributed by atoms with E-state index in [0.717, 1.165) is 5.92 Å². The highest BCUT2D eigenvalue weighted by Gasteiger charge is 2.27. The number of benzene rings is 1. The monoisotopic (exact) mass is 193 g/mol. The maximum absolute atomic E-state index is 2.38. The molecule has 0 atom stereocenters. The topological polar surface area (TPSA) is 0 Å². The third-order valence-electron chi connectivity index (χ3n) is 2.79. The van der Waals surface area contributed by atoms with Crippen LogP contribution in [-0.2, 0) is 10.9 Å². The molecule has 0 bridgehead atoms. The largest absolute Gasteiger partial charge is 0.154 e. The first-order chi connectivity index (χ1) is 6.36. The molecule has 0 saturated carbocycles. The van der Waals surface area contributed by atoms with Gasteiger partial charge in [-0.15, -0.1) is 0 Å². The summed E-state index contributed by atoms with van der Waals surface area (Å²) in [6, 6.07) is 11.0. The van der Waals surface area contributed by atoms with Crippen molar-refractivity contribution < 1.29 is 0 Å². The van der Waals surface area contributed by atoms with E-state index in [1.165, 1.54) is 24.3 Å². The minimum atomic E-state index is 0.571. The minimum Gasteiger partial charge on any atom is -0.0622 e. The molecule has 2 rings (SSSR count). The quantitative estimate of drug-likeness (QED) is 0.601. The summed E-state index contributed by atoms with van der Waals surface area (Å²) in [5.74, 6) is 3.81. The lowest BCUT2D eigenvalue weighted by molar-refractivity contribution is 0.537. The maximum atomic E-state index is 2.38. The Bertz CT molecular complexity index is 247. The van der Waals surface area contributed by atoms with Crippen LogP contribution >= 0.6 is 0 Å². The van der Waals surface area contributed by atoms with Crippen LogP contribution in [-0.4, -0.2) is 11.5 Å². The third kappa shape index (κ3) is 2.28. The molecule has 1 aliphatic rings. The molecule has 0 N–H and O–H groups in total. The smallest absolute Gasteiger partial charge is 0.0622 e. The molecule has 1 aromatic rings. The third-order valence-corrected chi connectivity index (χ3v) is 5.19. The lowest BCUT2D eigenvalue weighted by Gasteiger charge is -2.18. The molecule has 1 heterocycles. The lowest BCUT2D eigenvalue weighted by atomic mass is 10.1. The second-order valence-electron chi connectivity index (χ2n) is 3.90. The van der Waals surface area contributed by atoms with E-state index in [0.29, 0.717) is 10.9 Å². The molecule has 0 spiro atoms. The second kappa shape index (κ2) is 4.19. The van der Waals surface area contributed by atoms with Crippen LogP contribution in [0.5, 0.6) is 0 Å². The normalized spacial score (nSPS) is 28.7. The van der Waals surface area contributed by atoms with E-state index >= 15 is 0 Å². The summed E-state index contributed by atoms with van der Waals surface area (Å²) in [4.78, 5) is 1.58. The average molecular weight is 193 g/mol. The van der Waals surface area contributed by atoms with Gasteiger partial charge in [-0.3, -0.25) is 0 Å². The van der Waals surface area contributed by atoms with E-state index < -0.39 is 0 Å². The maximum Gasteiger partial charge on any atom is 0.154 e. The van der Waals surface area contributed by atoms with Crippen molar-refractivity contribution in [3.8, 4) is 0 Å². The highest BCUT2D eigenvalue weighted by Crippen LogP contribution is 2.25. The molecule has 13 heavy (non-hydrogen) atoms. The van der Waals surface area contributed by atoms with Crippen molar-refractivity contribution in [2.45, 2.75) is 24.7 Å². The Labute approximate surface area is 83.7 Å². The Balaban J connectivity index is 2.03. The van der Waals surface area contributed by atoms with Gasteiger partial charge < -0.3 is 0 Å². The van der Waals surface area contributed by atoms with Gasteiger partial charge in [-0.25, -0.2) is 0 Å². The van der Waals surface area contributed by atoms with Crippen molar-refractivity contribution in [2.75, 3.05) is 11.5 Å². The highest BCUT2D eigenvalue weighted by molar-refractivity contribution is 7.96. The van der Waals surface area contributed by atoms with Crippen LogP contribution in [0, 0.1) is 5.92 Å². The summed E-state index contributed by atoms with van der Waals surface area (Å²) < 4.78 is 0. The van der Waals surface area contributed by atoms with Crippen LogP contribution in [0.15, 0.2) is 35.2 Å². The minimum absolute atomic E-state index is 0.571. The van der Waals surface area contributed by atoms with E-state index in [1.54, 1.807) is 4.90 Å². The van der Waals surface area contributed by atoms with Crippen LogP contribution in [0.3, 0.4) is 0 Å². The van der Waals surface area contributed by atoms with Gasteiger partial charge >= 0.3 is 0 Å². The second-order valence-corrected chi connectivity index (χ2v) is 6.17. The Morgan fingerprint density at radius 3 is 2.31 bits per heavy atom. The molecule has 0 aliphatic carbocycles. The van der Waals surface area contributed by atoms with Crippen LogP contribution in [0.4, 0.5) is 0 Å². The summed E-state index contributed by atoms with van der Waals surface area (Å²) >= 11 is 0. The molecular weight excluding hydrogens is 176 g/mol. The van der Waals surface area contributed by atoms with Crippen molar-refractivity contribution in [1.82, 2.24) is 0 Å². The molecule has 1 heteroatoms. The zero-order chi connectivity index (χ0) is 9.10. The van der Waals surface area contributed by atoms with Gasteiger partial charge in [-0.2, -0.15) is 0 Å². The Morgan fingerprint density at radius 2 is 1.69 bits per heavy atom. The van der Waals surface area contributed by atoms with Gasteiger partial charge in [0, 0.05) is 10.9 Å². The van der Waals surface area contributed by atoms with E-state index in [2.05, 4.69) is 37.3 Å². The standard InChI is InChI=1S/C12H17S/c1-11-7-9-13(10-8-11)12-5-3-2-4-6-12/h2-6,11H,7-10H2,1H3/q+1. The first-order valence-electron chi connectivity index (χ1n) is 5.09. The van der Waals surface area contributed by atoms with E-state index in [4.69, 9.17) is 0 Å². The molecule has 0 aromatic heterocycles.